The SMILES string of the molecule is CC(C)Oc1ccc(C(=O)NC(=S)Nc2ccccc2C(=O)NC(C)(C)C)cc1Br. The molecule has 0 aliphatic heterocycles. The van der Waals surface area contributed by atoms with E-state index in [9.17, 15) is 9.59 Å². The minimum Gasteiger partial charge on any atom is -0.490 e. The van der Waals surface area contributed by atoms with Crippen LogP contribution in [0.5, 0.6) is 5.75 Å². The third-order valence-corrected chi connectivity index (χ3v) is 4.52. The van der Waals surface area contributed by atoms with E-state index in [1.807, 2.05) is 34.6 Å². The highest BCUT2D eigenvalue weighted by Crippen LogP contribution is 2.27. The molecular formula is C22H26BrN3O3S. The zero-order valence-corrected chi connectivity index (χ0v) is 20.0. The fraction of sp³-hybridized carbons (Fsp3) is 0.318. The van der Waals surface area contributed by atoms with Crippen molar-refractivity contribution in [3.8, 4) is 5.75 Å². The van der Waals surface area contributed by atoms with Crippen molar-refractivity contribution in [1.29, 1.82) is 0 Å². The summed E-state index contributed by atoms with van der Waals surface area (Å²) >= 11 is 8.69. The molecule has 0 aromatic heterocycles. The van der Waals surface area contributed by atoms with E-state index in [-0.39, 0.29) is 28.6 Å². The van der Waals surface area contributed by atoms with Gasteiger partial charge >= 0.3 is 0 Å². The highest BCUT2D eigenvalue weighted by atomic mass is 79.9. The number of anilines is 1. The van der Waals surface area contributed by atoms with Crippen molar-refractivity contribution in [3.05, 3.63) is 58.1 Å². The molecule has 160 valence electrons. The molecule has 2 aromatic rings. The number of amides is 2. The van der Waals surface area contributed by atoms with Crippen molar-refractivity contribution >= 4 is 50.8 Å². The molecule has 0 saturated carbocycles. The summed E-state index contributed by atoms with van der Waals surface area (Å²) in [5.41, 5.74) is 0.979. The molecule has 0 unspecified atom stereocenters. The van der Waals surface area contributed by atoms with Crippen LogP contribution in [0, 0.1) is 0 Å². The molecule has 0 aliphatic carbocycles. The molecule has 0 radical (unpaired) electrons. The maximum Gasteiger partial charge on any atom is 0.257 e. The quantitative estimate of drug-likeness (QED) is 0.518. The second kappa shape index (κ2) is 10.0. The molecule has 2 rings (SSSR count). The number of para-hydroxylation sites is 1. The lowest BCUT2D eigenvalue weighted by Gasteiger charge is -2.21. The van der Waals surface area contributed by atoms with Crippen LogP contribution in [0.1, 0.15) is 55.3 Å². The Bertz CT molecular complexity index is 955. The Morgan fingerprint density at radius 1 is 1.07 bits per heavy atom. The summed E-state index contributed by atoms with van der Waals surface area (Å²) in [6.07, 6.45) is 0.0216. The fourth-order valence-electron chi connectivity index (χ4n) is 2.52. The van der Waals surface area contributed by atoms with Gasteiger partial charge in [-0.15, -0.1) is 0 Å². The zero-order valence-electron chi connectivity index (χ0n) is 17.6. The van der Waals surface area contributed by atoms with Crippen LogP contribution in [0.3, 0.4) is 0 Å². The number of nitrogens with one attached hydrogen (secondary N) is 3. The number of thiocarbonyl (C=S) groups is 1. The number of benzene rings is 2. The summed E-state index contributed by atoms with van der Waals surface area (Å²) < 4.78 is 6.33. The number of carbonyl (C=O) groups is 2. The summed E-state index contributed by atoms with van der Waals surface area (Å²) in [4.78, 5) is 25.1. The molecule has 6 nitrogen and oxygen atoms in total. The van der Waals surface area contributed by atoms with Crippen molar-refractivity contribution in [2.24, 2.45) is 0 Å². The zero-order chi connectivity index (χ0) is 22.5. The standard InChI is InChI=1S/C22H26BrN3O3S/c1-13(2)29-18-11-10-14(12-16(18)23)19(27)25-21(30)24-17-9-7-6-8-15(17)20(28)26-22(3,4)5/h6-13H,1-5H3,(H,26,28)(H2,24,25,27,30). The van der Waals surface area contributed by atoms with Crippen LogP contribution in [-0.4, -0.2) is 28.6 Å². The van der Waals surface area contributed by atoms with E-state index in [0.717, 1.165) is 0 Å². The number of rotatable bonds is 5. The minimum absolute atomic E-state index is 0.0216. The van der Waals surface area contributed by atoms with Crippen LogP contribution in [0.2, 0.25) is 0 Å². The van der Waals surface area contributed by atoms with Crippen LogP contribution in [-0.2, 0) is 0 Å². The van der Waals surface area contributed by atoms with Gasteiger partial charge in [0.2, 0.25) is 0 Å². The van der Waals surface area contributed by atoms with Crippen LogP contribution in [0.15, 0.2) is 46.9 Å². The largest absolute Gasteiger partial charge is 0.490 e. The van der Waals surface area contributed by atoms with Gasteiger partial charge in [0.25, 0.3) is 11.8 Å². The van der Waals surface area contributed by atoms with Crippen molar-refractivity contribution in [3.63, 3.8) is 0 Å². The average molecular weight is 492 g/mol. The molecule has 8 heteroatoms. The topological polar surface area (TPSA) is 79.5 Å². The predicted octanol–water partition coefficient (Wildman–Crippen LogP) is 4.89. The molecule has 3 N–H and O–H groups in total. The number of carbonyl (C=O) groups excluding carboxylic acids is 2. The van der Waals surface area contributed by atoms with E-state index in [4.69, 9.17) is 17.0 Å². The summed E-state index contributed by atoms with van der Waals surface area (Å²) in [7, 11) is 0. The van der Waals surface area contributed by atoms with Crippen LogP contribution in [0.25, 0.3) is 0 Å². The smallest absolute Gasteiger partial charge is 0.257 e. The monoisotopic (exact) mass is 491 g/mol. The molecule has 0 fully saturated rings. The third kappa shape index (κ3) is 7.11. The van der Waals surface area contributed by atoms with Gasteiger partial charge in [0.05, 0.1) is 21.8 Å². The molecule has 0 bridgehead atoms. The van der Waals surface area contributed by atoms with E-state index < -0.39 is 0 Å². The first-order chi connectivity index (χ1) is 14.0. The van der Waals surface area contributed by atoms with Gasteiger partial charge in [0, 0.05) is 11.1 Å². The van der Waals surface area contributed by atoms with Gasteiger partial charge in [0.1, 0.15) is 5.75 Å². The minimum atomic E-state index is -0.377. The van der Waals surface area contributed by atoms with Crippen LogP contribution in [0.4, 0.5) is 5.69 Å². The molecule has 0 saturated heterocycles. The summed E-state index contributed by atoms with van der Waals surface area (Å²) in [6, 6.07) is 12.0. The van der Waals surface area contributed by atoms with Gasteiger partial charge in [-0.1, -0.05) is 12.1 Å². The van der Waals surface area contributed by atoms with Crippen molar-refractivity contribution in [2.75, 3.05) is 5.32 Å². The second-order valence-electron chi connectivity index (χ2n) is 7.97. The van der Waals surface area contributed by atoms with Crippen LogP contribution >= 0.6 is 28.1 Å². The number of hydrogen-bond acceptors (Lipinski definition) is 4. The third-order valence-electron chi connectivity index (χ3n) is 3.69. The Kier molecular flexibility index (Phi) is 7.97. The number of ether oxygens (including phenoxy) is 1. The first-order valence-corrected chi connectivity index (χ1v) is 10.7. The summed E-state index contributed by atoms with van der Waals surface area (Å²) in [6.45, 7) is 9.57. The Balaban J connectivity index is 2.08. The Hall–Kier alpha value is -2.45. The van der Waals surface area contributed by atoms with Crippen molar-refractivity contribution in [2.45, 2.75) is 46.3 Å². The first-order valence-electron chi connectivity index (χ1n) is 9.46. The molecule has 30 heavy (non-hydrogen) atoms. The molecule has 0 atom stereocenters. The molecular weight excluding hydrogens is 466 g/mol. The predicted molar refractivity (Wildman–Crippen MR) is 127 cm³/mol. The Labute approximate surface area is 190 Å². The van der Waals surface area contributed by atoms with Gasteiger partial charge < -0.3 is 15.4 Å². The Morgan fingerprint density at radius 3 is 2.33 bits per heavy atom. The number of hydrogen-bond donors (Lipinski definition) is 3. The van der Waals surface area contributed by atoms with Gasteiger partial charge in [-0.25, -0.2) is 0 Å². The Morgan fingerprint density at radius 2 is 1.73 bits per heavy atom. The summed E-state index contributed by atoms with van der Waals surface area (Å²) in [5, 5.41) is 8.57. The maximum absolute atomic E-state index is 12.6. The fourth-order valence-corrected chi connectivity index (χ4v) is 3.19. The van der Waals surface area contributed by atoms with Crippen LogP contribution < -0.4 is 20.7 Å². The highest BCUT2D eigenvalue weighted by Gasteiger charge is 2.19. The lowest BCUT2D eigenvalue weighted by atomic mass is 10.1. The normalized spacial score (nSPS) is 11.0. The van der Waals surface area contributed by atoms with Gasteiger partial charge in [-0.2, -0.15) is 0 Å². The van der Waals surface area contributed by atoms with E-state index >= 15 is 0 Å². The average Bonchev–Trinajstić information content (AvgIpc) is 2.61. The second-order valence-corrected chi connectivity index (χ2v) is 9.23. The molecule has 0 aliphatic rings. The molecule has 0 spiro atoms. The van der Waals surface area contributed by atoms with E-state index in [1.165, 1.54) is 0 Å². The number of halogens is 1. The first kappa shape index (κ1) is 23.8. The molecule has 2 aromatic carbocycles. The lowest BCUT2D eigenvalue weighted by molar-refractivity contribution is 0.0919. The van der Waals surface area contributed by atoms with E-state index in [2.05, 4.69) is 31.9 Å². The van der Waals surface area contributed by atoms with Gasteiger partial charge in [-0.05, 0) is 93.1 Å². The van der Waals surface area contributed by atoms with Crippen molar-refractivity contribution in [1.82, 2.24) is 10.6 Å². The van der Waals surface area contributed by atoms with Crippen molar-refractivity contribution < 1.29 is 14.3 Å². The van der Waals surface area contributed by atoms with E-state index in [1.54, 1.807) is 42.5 Å². The van der Waals surface area contributed by atoms with Gasteiger partial charge in [-0.3, -0.25) is 14.9 Å². The maximum atomic E-state index is 12.6. The summed E-state index contributed by atoms with van der Waals surface area (Å²) in [5.74, 6) is 0.0476. The lowest BCUT2D eigenvalue weighted by Crippen LogP contribution is -2.41. The van der Waals surface area contributed by atoms with Gasteiger partial charge in [0.15, 0.2) is 5.11 Å². The van der Waals surface area contributed by atoms with E-state index in [0.29, 0.717) is 27.0 Å². The molecule has 2 amide bonds. The highest BCUT2D eigenvalue weighted by molar-refractivity contribution is 9.10. The molecule has 0 heterocycles.